The van der Waals surface area contributed by atoms with E-state index in [0.717, 1.165) is 11.1 Å². The third kappa shape index (κ3) is 5.57. The van der Waals surface area contributed by atoms with Crippen LogP contribution in [0.3, 0.4) is 0 Å². The molecule has 0 heterocycles. The van der Waals surface area contributed by atoms with Crippen LogP contribution in [-0.2, 0) is 10.0 Å². The minimum Gasteiger partial charge on any atom is -0.337 e. The van der Waals surface area contributed by atoms with Gasteiger partial charge in [0.15, 0.2) is 0 Å². The maximum Gasteiger partial charge on any atom is 0.315 e. The summed E-state index contributed by atoms with van der Waals surface area (Å²) < 4.78 is 27.3. The summed E-state index contributed by atoms with van der Waals surface area (Å²) in [6.45, 7) is 5.79. The Morgan fingerprint density at radius 2 is 1.73 bits per heavy atom. The molecule has 0 aromatic heterocycles. The van der Waals surface area contributed by atoms with E-state index in [4.69, 9.17) is 0 Å². The fraction of sp³-hybridized carbons (Fsp3) is 0.316. The smallest absolute Gasteiger partial charge is 0.315 e. The summed E-state index contributed by atoms with van der Waals surface area (Å²) in [5.41, 5.74) is 2.56. The van der Waals surface area contributed by atoms with E-state index in [-0.39, 0.29) is 30.1 Å². The van der Waals surface area contributed by atoms with Crippen LogP contribution in [0.4, 0.5) is 4.79 Å². The van der Waals surface area contributed by atoms with Gasteiger partial charge in [0.1, 0.15) is 0 Å². The van der Waals surface area contributed by atoms with E-state index in [1.165, 1.54) is 0 Å². The number of nitrogens with one attached hydrogen (secondary N) is 3. The lowest BCUT2D eigenvalue weighted by Gasteiger charge is -2.15. The molecule has 2 rings (SSSR count). The predicted octanol–water partition coefficient (Wildman–Crippen LogP) is 2.64. The number of aryl methyl sites for hydroxylation is 2. The van der Waals surface area contributed by atoms with E-state index in [1.807, 2.05) is 50.2 Å². The lowest BCUT2D eigenvalue weighted by Crippen LogP contribution is -2.41. The number of sulfonamides is 1. The van der Waals surface area contributed by atoms with E-state index in [9.17, 15) is 13.2 Å². The van der Waals surface area contributed by atoms with Crippen molar-refractivity contribution in [2.75, 3.05) is 13.1 Å². The van der Waals surface area contributed by atoms with Gasteiger partial charge in [0.25, 0.3) is 0 Å². The SMILES string of the molecule is Cc1ccc(C)c(S(=O)(=O)NCCNC(=O)N[C@@H](C)c2ccccc2)c1. The average molecular weight is 375 g/mol. The summed E-state index contributed by atoms with van der Waals surface area (Å²) >= 11 is 0. The second-order valence-electron chi connectivity index (χ2n) is 6.20. The van der Waals surface area contributed by atoms with Crippen LogP contribution in [0.15, 0.2) is 53.4 Å². The lowest BCUT2D eigenvalue weighted by molar-refractivity contribution is 0.238. The van der Waals surface area contributed by atoms with Gasteiger partial charge in [0.2, 0.25) is 10.0 Å². The maximum atomic E-state index is 12.4. The molecule has 1 atom stereocenters. The highest BCUT2D eigenvalue weighted by Crippen LogP contribution is 2.16. The predicted molar refractivity (Wildman–Crippen MR) is 102 cm³/mol. The monoisotopic (exact) mass is 375 g/mol. The normalized spacial score (nSPS) is 12.4. The van der Waals surface area contributed by atoms with Gasteiger partial charge in [-0.3, -0.25) is 0 Å². The number of hydrogen-bond acceptors (Lipinski definition) is 3. The Hall–Kier alpha value is -2.38. The highest BCUT2D eigenvalue weighted by Gasteiger charge is 2.16. The van der Waals surface area contributed by atoms with Crippen molar-refractivity contribution in [1.82, 2.24) is 15.4 Å². The van der Waals surface area contributed by atoms with Gasteiger partial charge in [-0.1, -0.05) is 42.5 Å². The number of carbonyl (C=O) groups is 1. The topological polar surface area (TPSA) is 87.3 Å². The number of hydrogen-bond donors (Lipinski definition) is 3. The average Bonchev–Trinajstić information content (AvgIpc) is 2.61. The van der Waals surface area contributed by atoms with Crippen molar-refractivity contribution in [2.45, 2.75) is 31.7 Å². The molecule has 0 saturated heterocycles. The minimum absolute atomic E-state index is 0.114. The molecule has 3 N–H and O–H groups in total. The quantitative estimate of drug-likeness (QED) is 0.650. The molecule has 2 aromatic rings. The van der Waals surface area contributed by atoms with Crippen LogP contribution >= 0.6 is 0 Å². The van der Waals surface area contributed by atoms with Crippen molar-refractivity contribution in [3.05, 3.63) is 65.2 Å². The molecule has 140 valence electrons. The Labute approximate surface area is 155 Å². The lowest BCUT2D eigenvalue weighted by atomic mass is 10.1. The van der Waals surface area contributed by atoms with Crippen molar-refractivity contribution in [3.8, 4) is 0 Å². The molecule has 0 unspecified atom stereocenters. The van der Waals surface area contributed by atoms with Gasteiger partial charge in [-0.2, -0.15) is 0 Å². The molecule has 2 amide bonds. The third-order valence-electron chi connectivity index (χ3n) is 3.98. The fourth-order valence-electron chi connectivity index (χ4n) is 2.51. The first-order chi connectivity index (χ1) is 12.3. The molecule has 0 spiro atoms. The molecule has 0 aliphatic heterocycles. The van der Waals surface area contributed by atoms with Crippen LogP contribution in [0.1, 0.15) is 29.7 Å². The molecule has 0 fully saturated rings. The van der Waals surface area contributed by atoms with E-state index >= 15 is 0 Å². The number of urea groups is 1. The van der Waals surface area contributed by atoms with Crippen molar-refractivity contribution in [3.63, 3.8) is 0 Å². The molecule has 0 aliphatic rings. The molecule has 2 aromatic carbocycles. The first kappa shape index (κ1) is 19.9. The zero-order valence-electron chi connectivity index (χ0n) is 15.2. The summed E-state index contributed by atoms with van der Waals surface area (Å²) in [4.78, 5) is 12.2. The van der Waals surface area contributed by atoms with Crippen LogP contribution in [0.25, 0.3) is 0 Å². The Morgan fingerprint density at radius 1 is 1.04 bits per heavy atom. The molecule has 0 bridgehead atoms. The zero-order chi connectivity index (χ0) is 19.2. The van der Waals surface area contributed by atoms with Crippen molar-refractivity contribution >= 4 is 16.1 Å². The molecule has 6 nitrogen and oxygen atoms in total. The van der Waals surface area contributed by atoms with Crippen molar-refractivity contribution in [2.24, 2.45) is 0 Å². The van der Waals surface area contributed by atoms with E-state index in [2.05, 4.69) is 15.4 Å². The number of rotatable bonds is 7. The number of benzene rings is 2. The third-order valence-corrected chi connectivity index (χ3v) is 5.59. The summed E-state index contributed by atoms with van der Waals surface area (Å²) in [5.74, 6) is 0. The van der Waals surface area contributed by atoms with Gasteiger partial charge < -0.3 is 10.6 Å². The second kappa shape index (κ2) is 8.82. The Kier molecular flexibility index (Phi) is 6.76. The van der Waals surface area contributed by atoms with Crippen molar-refractivity contribution in [1.29, 1.82) is 0 Å². The minimum atomic E-state index is -3.60. The standard InChI is InChI=1S/C19H25N3O3S/c1-14-9-10-15(2)18(13-14)26(24,25)21-12-11-20-19(23)22-16(3)17-7-5-4-6-8-17/h4-10,13,16,21H,11-12H2,1-3H3,(H2,20,22,23)/t16-/m0/s1. The van der Waals surface area contributed by atoms with Gasteiger partial charge in [0, 0.05) is 13.1 Å². The first-order valence-corrected chi connectivity index (χ1v) is 9.94. The number of carbonyl (C=O) groups excluding carboxylic acids is 1. The fourth-order valence-corrected chi connectivity index (χ4v) is 3.87. The summed E-state index contributed by atoms with van der Waals surface area (Å²) in [5, 5.41) is 5.47. The van der Waals surface area contributed by atoms with E-state index in [0.29, 0.717) is 5.56 Å². The summed E-state index contributed by atoms with van der Waals surface area (Å²) in [6, 6.07) is 14.4. The first-order valence-electron chi connectivity index (χ1n) is 8.46. The summed E-state index contributed by atoms with van der Waals surface area (Å²) in [6.07, 6.45) is 0. The van der Waals surface area contributed by atoms with Gasteiger partial charge >= 0.3 is 6.03 Å². The molecule has 0 aliphatic carbocycles. The largest absolute Gasteiger partial charge is 0.337 e. The maximum absolute atomic E-state index is 12.4. The van der Waals surface area contributed by atoms with Gasteiger partial charge in [-0.15, -0.1) is 0 Å². The van der Waals surface area contributed by atoms with E-state index < -0.39 is 10.0 Å². The Bertz CT molecular complexity index is 852. The van der Waals surface area contributed by atoms with Crippen LogP contribution < -0.4 is 15.4 Å². The Morgan fingerprint density at radius 3 is 2.42 bits per heavy atom. The zero-order valence-corrected chi connectivity index (χ0v) is 16.1. The Balaban J connectivity index is 1.80. The molecule has 0 radical (unpaired) electrons. The van der Waals surface area contributed by atoms with Gasteiger partial charge in [-0.25, -0.2) is 17.9 Å². The van der Waals surface area contributed by atoms with Crippen LogP contribution in [0.2, 0.25) is 0 Å². The molecular formula is C19H25N3O3S. The van der Waals surface area contributed by atoms with Crippen LogP contribution in [0, 0.1) is 13.8 Å². The van der Waals surface area contributed by atoms with Gasteiger partial charge in [-0.05, 0) is 43.5 Å². The molecular weight excluding hydrogens is 350 g/mol. The van der Waals surface area contributed by atoms with Crippen molar-refractivity contribution < 1.29 is 13.2 Å². The van der Waals surface area contributed by atoms with Gasteiger partial charge in [0.05, 0.1) is 10.9 Å². The van der Waals surface area contributed by atoms with Crippen LogP contribution in [-0.4, -0.2) is 27.5 Å². The molecule has 7 heteroatoms. The highest BCUT2D eigenvalue weighted by atomic mass is 32.2. The number of amides is 2. The van der Waals surface area contributed by atoms with Crippen LogP contribution in [0.5, 0.6) is 0 Å². The molecule has 26 heavy (non-hydrogen) atoms. The second-order valence-corrected chi connectivity index (χ2v) is 7.93. The van der Waals surface area contributed by atoms with E-state index in [1.54, 1.807) is 19.1 Å². The summed E-state index contributed by atoms with van der Waals surface area (Å²) in [7, 11) is -3.60. The highest BCUT2D eigenvalue weighted by molar-refractivity contribution is 7.89. The molecule has 0 saturated carbocycles.